The summed E-state index contributed by atoms with van der Waals surface area (Å²) < 4.78 is 0. The Morgan fingerprint density at radius 2 is 1.85 bits per heavy atom. The predicted molar refractivity (Wildman–Crippen MR) is 120 cm³/mol. The fourth-order valence-electron chi connectivity index (χ4n) is 2.60. The first-order valence-corrected chi connectivity index (χ1v) is 10.1. The molecule has 0 fully saturated rings. The molecule has 2 N–H and O–H groups in total. The molecule has 1 atom stereocenters. The quantitative estimate of drug-likeness (QED) is 0.348. The van der Waals surface area contributed by atoms with Gasteiger partial charge in [0.2, 0.25) is 0 Å². The van der Waals surface area contributed by atoms with Crippen LogP contribution >= 0.6 is 12.2 Å². The second-order valence-electron chi connectivity index (χ2n) is 6.97. The van der Waals surface area contributed by atoms with Gasteiger partial charge in [0.1, 0.15) is 0 Å². The van der Waals surface area contributed by atoms with Crippen LogP contribution < -0.4 is 10.6 Å². The molecule has 0 aromatic heterocycles. The highest BCUT2D eigenvalue weighted by Crippen LogP contribution is 2.20. The summed E-state index contributed by atoms with van der Waals surface area (Å²) >= 11 is 5.47. The lowest BCUT2D eigenvalue weighted by Crippen LogP contribution is -2.27. The van der Waals surface area contributed by atoms with Gasteiger partial charge < -0.3 is 10.6 Å². The average Bonchev–Trinajstić information content (AvgIpc) is 2.62. The van der Waals surface area contributed by atoms with Crippen molar-refractivity contribution >= 4 is 23.0 Å². The Labute approximate surface area is 165 Å². The summed E-state index contributed by atoms with van der Waals surface area (Å²) in [6.07, 6.45) is 15.3. The number of rotatable bonds is 10. The third kappa shape index (κ3) is 10.2. The van der Waals surface area contributed by atoms with Crippen LogP contribution in [0.15, 0.2) is 66.4 Å². The molecule has 1 unspecified atom stereocenters. The van der Waals surface area contributed by atoms with Gasteiger partial charge in [0.05, 0.1) is 0 Å². The molecule has 142 valence electrons. The van der Waals surface area contributed by atoms with E-state index in [0.29, 0.717) is 5.11 Å². The van der Waals surface area contributed by atoms with Crippen molar-refractivity contribution in [3.05, 3.63) is 66.4 Å². The van der Waals surface area contributed by atoms with Gasteiger partial charge in [-0.25, -0.2) is 0 Å². The maximum absolute atomic E-state index is 5.47. The van der Waals surface area contributed by atoms with E-state index in [-0.39, 0.29) is 0 Å². The molecule has 0 aliphatic rings. The first kappa shape index (κ1) is 22.2. The van der Waals surface area contributed by atoms with Crippen LogP contribution in [-0.4, -0.2) is 5.11 Å². The molecule has 1 aromatic carbocycles. The number of anilines is 1. The van der Waals surface area contributed by atoms with E-state index in [1.807, 2.05) is 55.5 Å². The summed E-state index contributed by atoms with van der Waals surface area (Å²) in [5.41, 5.74) is 2.03. The van der Waals surface area contributed by atoms with Gasteiger partial charge in [-0.2, -0.15) is 0 Å². The highest BCUT2D eigenvalue weighted by Gasteiger charge is 2.07. The Bertz CT molecular complexity index is 600. The highest BCUT2D eigenvalue weighted by molar-refractivity contribution is 7.80. The van der Waals surface area contributed by atoms with Crippen molar-refractivity contribution in [3.8, 4) is 0 Å². The average molecular weight is 371 g/mol. The molecule has 3 heteroatoms. The number of allylic oxidation sites excluding steroid dienone is 5. The third-order valence-electron chi connectivity index (χ3n) is 4.27. The number of benzene rings is 1. The zero-order valence-electron chi connectivity index (χ0n) is 16.7. The molecule has 1 rings (SSSR count). The van der Waals surface area contributed by atoms with Crippen LogP contribution in [0.25, 0.3) is 0 Å². The van der Waals surface area contributed by atoms with Gasteiger partial charge in [-0.05, 0) is 62.0 Å². The molecule has 0 saturated heterocycles. The minimum Gasteiger partial charge on any atom is -0.333 e. The largest absolute Gasteiger partial charge is 0.333 e. The Hall–Kier alpha value is -1.87. The van der Waals surface area contributed by atoms with Crippen molar-refractivity contribution in [2.75, 3.05) is 5.32 Å². The second-order valence-corrected chi connectivity index (χ2v) is 7.38. The van der Waals surface area contributed by atoms with E-state index in [4.69, 9.17) is 12.2 Å². The molecule has 0 bridgehead atoms. The van der Waals surface area contributed by atoms with Crippen LogP contribution in [0.4, 0.5) is 5.69 Å². The van der Waals surface area contributed by atoms with E-state index in [1.165, 1.54) is 19.3 Å². The number of hydrogen-bond donors (Lipinski definition) is 2. The Morgan fingerprint density at radius 1 is 1.12 bits per heavy atom. The molecule has 2 nitrogen and oxygen atoms in total. The van der Waals surface area contributed by atoms with Gasteiger partial charge in [-0.1, -0.05) is 76.1 Å². The van der Waals surface area contributed by atoms with Crippen LogP contribution in [0.3, 0.4) is 0 Å². The number of hydrogen-bond acceptors (Lipinski definition) is 1. The standard InChI is InChI=1S/C23H34N2S/c1-5-7-9-12-22(18-17-20(6-2)16-15-19(3)4)25-23(26)24-21-13-10-8-11-14-21/h5,7-14,18-20H,6,15-17H2,1-4H3,(H2,24,25,26)/b7-5-,12-9-,22-18+. The second kappa shape index (κ2) is 13.3. The van der Waals surface area contributed by atoms with Crippen molar-refractivity contribution < 1.29 is 0 Å². The summed E-state index contributed by atoms with van der Waals surface area (Å²) in [5.74, 6) is 1.49. The smallest absolute Gasteiger partial charge is 0.175 e. The number of para-hydroxylation sites is 1. The topological polar surface area (TPSA) is 24.1 Å². The molecule has 1 aromatic rings. The summed E-state index contributed by atoms with van der Waals surface area (Å²) in [7, 11) is 0. The van der Waals surface area contributed by atoms with Gasteiger partial charge in [0.15, 0.2) is 5.11 Å². The summed E-state index contributed by atoms with van der Waals surface area (Å²) in [6, 6.07) is 10.00. The Morgan fingerprint density at radius 3 is 2.46 bits per heavy atom. The van der Waals surface area contributed by atoms with Gasteiger partial charge in [0.25, 0.3) is 0 Å². The zero-order chi connectivity index (χ0) is 19.2. The molecular weight excluding hydrogens is 336 g/mol. The van der Waals surface area contributed by atoms with E-state index < -0.39 is 0 Å². The van der Waals surface area contributed by atoms with Gasteiger partial charge >= 0.3 is 0 Å². The molecule has 0 saturated carbocycles. The zero-order valence-corrected chi connectivity index (χ0v) is 17.5. The van der Waals surface area contributed by atoms with E-state index >= 15 is 0 Å². The van der Waals surface area contributed by atoms with Gasteiger partial charge in [-0.3, -0.25) is 0 Å². The summed E-state index contributed by atoms with van der Waals surface area (Å²) in [6.45, 7) is 8.89. The van der Waals surface area contributed by atoms with Crippen molar-refractivity contribution in [2.24, 2.45) is 11.8 Å². The summed E-state index contributed by atoms with van der Waals surface area (Å²) in [4.78, 5) is 0. The van der Waals surface area contributed by atoms with Crippen LogP contribution in [0.2, 0.25) is 0 Å². The molecular formula is C23H34N2S. The lowest BCUT2D eigenvalue weighted by atomic mass is 9.92. The fraction of sp³-hybridized carbons (Fsp3) is 0.435. The van der Waals surface area contributed by atoms with Gasteiger partial charge in [-0.15, -0.1) is 0 Å². The maximum atomic E-state index is 5.47. The minimum absolute atomic E-state index is 0.614. The third-order valence-corrected chi connectivity index (χ3v) is 4.47. The van der Waals surface area contributed by atoms with Gasteiger partial charge in [0, 0.05) is 11.4 Å². The van der Waals surface area contributed by atoms with Crippen molar-refractivity contribution in [1.82, 2.24) is 5.32 Å². The fourth-order valence-corrected chi connectivity index (χ4v) is 2.83. The van der Waals surface area contributed by atoms with Crippen LogP contribution in [0.5, 0.6) is 0 Å². The minimum atomic E-state index is 0.614. The number of nitrogens with one attached hydrogen (secondary N) is 2. The SMILES string of the molecule is C\C=C/C=C\C(=C/CC(CC)CCC(C)C)NC(=S)Nc1ccccc1. The summed E-state index contributed by atoms with van der Waals surface area (Å²) in [5, 5.41) is 7.18. The van der Waals surface area contributed by atoms with Crippen molar-refractivity contribution in [1.29, 1.82) is 0 Å². The van der Waals surface area contributed by atoms with E-state index in [9.17, 15) is 0 Å². The van der Waals surface area contributed by atoms with Crippen LogP contribution in [0.1, 0.15) is 53.4 Å². The molecule has 0 spiro atoms. The lowest BCUT2D eigenvalue weighted by Gasteiger charge is -2.16. The van der Waals surface area contributed by atoms with Crippen molar-refractivity contribution in [3.63, 3.8) is 0 Å². The molecule has 0 amide bonds. The van der Waals surface area contributed by atoms with Crippen LogP contribution in [-0.2, 0) is 0 Å². The van der Waals surface area contributed by atoms with E-state index in [0.717, 1.165) is 29.6 Å². The Balaban J connectivity index is 2.71. The normalized spacial score (nSPS) is 13.5. The first-order valence-electron chi connectivity index (χ1n) is 9.67. The predicted octanol–water partition coefficient (Wildman–Crippen LogP) is 6.84. The van der Waals surface area contributed by atoms with E-state index in [2.05, 4.69) is 43.6 Å². The highest BCUT2D eigenvalue weighted by atomic mass is 32.1. The molecule has 0 radical (unpaired) electrons. The molecule has 26 heavy (non-hydrogen) atoms. The van der Waals surface area contributed by atoms with Crippen LogP contribution in [0, 0.1) is 11.8 Å². The van der Waals surface area contributed by atoms with Crippen molar-refractivity contribution in [2.45, 2.75) is 53.4 Å². The van der Waals surface area contributed by atoms with E-state index in [1.54, 1.807) is 0 Å². The molecule has 0 heterocycles. The lowest BCUT2D eigenvalue weighted by molar-refractivity contribution is 0.415. The molecule has 0 aliphatic heterocycles. The molecule has 0 aliphatic carbocycles. The first-order chi connectivity index (χ1) is 12.5. The Kier molecular flexibility index (Phi) is 11.4. The monoisotopic (exact) mass is 370 g/mol. The maximum Gasteiger partial charge on any atom is 0.175 e. The number of thiocarbonyl (C=S) groups is 1.